The molecule has 2 aliphatic carbocycles. The summed E-state index contributed by atoms with van der Waals surface area (Å²) in [5.74, 6) is 0. The van der Waals surface area contributed by atoms with Crippen molar-refractivity contribution in [3.63, 3.8) is 0 Å². The fourth-order valence-corrected chi connectivity index (χ4v) is 7.37. The Morgan fingerprint density at radius 1 is 0.370 bits per heavy atom. The number of rotatable bonds is 2. The van der Waals surface area contributed by atoms with E-state index in [4.69, 9.17) is 0 Å². The summed E-state index contributed by atoms with van der Waals surface area (Å²) in [6.07, 6.45) is 0. The molecule has 0 aromatic heterocycles. The second-order valence-corrected chi connectivity index (χ2v) is 9.22. The molecule has 0 N–H and O–H groups in total. The molecule has 0 unspecified atom stereocenters. The van der Waals surface area contributed by atoms with E-state index in [1.54, 1.807) is 0 Å². The Bertz CT molecular complexity index is 990. The van der Waals surface area contributed by atoms with Crippen LogP contribution in [-0.4, -0.2) is 15.2 Å². The van der Waals surface area contributed by atoms with Gasteiger partial charge in [-0.25, -0.2) is 0 Å². The Kier molecular flexibility index (Phi) is 3.42. The van der Waals surface area contributed by atoms with Gasteiger partial charge >= 0.3 is 166 Å². The van der Waals surface area contributed by atoms with Crippen LogP contribution < -0.4 is 0 Å². The molecule has 0 spiro atoms. The number of benzene rings is 4. The van der Waals surface area contributed by atoms with E-state index in [1.165, 1.54) is 44.5 Å². The zero-order chi connectivity index (χ0) is 17.8. The average molecular weight is 357 g/mol. The molecule has 0 saturated heterocycles. The van der Waals surface area contributed by atoms with Gasteiger partial charge in [0, 0.05) is 0 Å². The van der Waals surface area contributed by atoms with Gasteiger partial charge in [0.15, 0.2) is 0 Å². The average Bonchev–Trinajstić information content (AvgIpc) is 3.23. The molecule has 0 fully saturated rings. The van der Waals surface area contributed by atoms with Crippen molar-refractivity contribution >= 4 is 15.2 Å². The first kappa shape index (κ1) is 15.5. The van der Waals surface area contributed by atoms with Crippen LogP contribution in [-0.2, 0) is 0 Å². The van der Waals surface area contributed by atoms with Crippen LogP contribution in [0.1, 0.15) is 31.8 Å². The predicted octanol–water partition coefficient (Wildman–Crippen LogP) is 6.23. The van der Waals surface area contributed by atoms with Crippen LogP contribution in [0.5, 0.6) is 0 Å². The molecule has 0 saturated carbocycles. The van der Waals surface area contributed by atoms with E-state index in [9.17, 15) is 0 Å². The fraction of sp³-hybridized carbons (Fsp3) is 0.0769. The minimum atomic E-state index is 0.169. The molecule has 1 heteroatoms. The van der Waals surface area contributed by atoms with Crippen LogP contribution in [0.15, 0.2) is 97.1 Å². The molecule has 2 aliphatic rings. The fourth-order valence-electron chi connectivity index (χ4n) is 5.00. The van der Waals surface area contributed by atoms with Gasteiger partial charge in [-0.1, -0.05) is 0 Å². The first-order valence-corrected chi connectivity index (χ1v) is 11.0. The van der Waals surface area contributed by atoms with E-state index in [0.717, 1.165) is 0 Å². The molecule has 6 rings (SSSR count). The van der Waals surface area contributed by atoms with E-state index in [-0.39, 0.29) is 15.2 Å². The van der Waals surface area contributed by atoms with Crippen LogP contribution in [0.3, 0.4) is 0 Å². The van der Waals surface area contributed by atoms with Crippen LogP contribution in [0.2, 0.25) is 0 Å². The van der Waals surface area contributed by atoms with E-state index in [0.29, 0.717) is 9.56 Å². The van der Waals surface area contributed by atoms with E-state index in [2.05, 4.69) is 97.1 Å². The summed E-state index contributed by atoms with van der Waals surface area (Å²) < 4.78 is 1.09. The Morgan fingerprint density at radius 2 is 0.630 bits per heavy atom. The third-order valence-corrected chi connectivity index (χ3v) is 8.35. The molecular weight excluding hydrogens is 339 g/mol. The molecule has 4 aromatic carbocycles. The van der Waals surface area contributed by atoms with Crippen LogP contribution in [0.25, 0.3) is 22.3 Å². The molecule has 0 nitrogen and oxygen atoms in total. The third-order valence-electron chi connectivity index (χ3n) is 6.15. The summed E-state index contributed by atoms with van der Waals surface area (Å²) in [5, 5.41) is 0. The Labute approximate surface area is 166 Å². The first-order chi connectivity index (χ1) is 13.4. The van der Waals surface area contributed by atoms with Crippen LogP contribution >= 0.6 is 0 Å². The van der Waals surface area contributed by atoms with Crippen molar-refractivity contribution in [3.05, 3.63) is 119 Å². The van der Waals surface area contributed by atoms with Gasteiger partial charge in [-0.05, 0) is 0 Å². The van der Waals surface area contributed by atoms with Crippen molar-refractivity contribution in [1.82, 2.24) is 0 Å². The molecule has 0 heterocycles. The number of fused-ring (bicyclic) bond motifs is 6. The van der Waals surface area contributed by atoms with Crippen molar-refractivity contribution in [1.29, 1.82) is 0 Å². The SMILES string of the molecule is c1ccc2c(c1)-c1ccccc1[CH]2[Al+][CH]1c2ccccc2-c2ccccc21. The molecule has 0 amide bonds. The summed E-state index contributed by atoms with van der Waals surface area (Å²) in [6.45, 7) is 0. The molecule has 0 bridgehead atoms. The van der Waals surface area contributed by atoms with Gasteiger partial charge in [0.2, 0.25) is 0 Å². The van der Waals surface area contributed by atoms with Gasteiger partial charge < -0.3 is 0 Å². The van der Waals surface area contributed by atoms with Crippen molar-refractivity contribution in [2.24, 2.45) is 0 Å². The molecule has 0 atom stereocenters. The molecule has 124 valence electrons. The molecule has 0 radical (unpaired) electrons. The van der Waals surface area contributed by atoms with E-state index < -0.39 is 0 Å². The van der Waals surface area contributed by atoms with E-state index in [1.807, 2.05) is 0 Å². The summed E-state index contributed by atoms with van der Waals surface area (Å²) in [6, 6.07) is 36.1. The normalized spacial score (nSPS) is 14.2. The number of hydrogen-bond donors (Lipinski definition) is 0. The number of hydrogen-bond acceptors (Lipinski definition) is 0. The summed E-state index contributed by atoms with van der Waals surface area (Å²) in [7, 11) is 0. The van der Waals surface area contributed by atoms with Crippen molar-refractivity contribution < 1.29 is 0 Å². The van der Waals surface area contributed by atoms with Gasteiger partial charge in [0.05, 0.1) is 0 Å². The Balaban J connectivity index is 1.51. The Morgan fingerprint density at radius 3 is 0.926 bits per heavy atom. The summed E-state index contributed by atoms with van der Waals surface area (Å²) >= 11 is 0.169. The monoisotopic (exact) mass is 357 g/mol. The quantitative estimate of drug-likeness (QED) is 0.373. The van der Waals surface area contributed by atoms with Gasteiger partial charge in [-0.2, -0.15) is 0 Å². The van der Waals surface area contributed by atoms with Crippen molar-refractivity contribution in [2.45, 2.75) is 9.56 Å². The van der Waals surface area contributed by atoms with Crippen LogP contribution in [0, 0.1) is 0 Å². The standard InChI is InChI=1S/2C13H9.Al/c2*1-3-7-12-10(5-1)9-11-6-2-4-8-13(11)12;/h2*1-9H;/q;;+1. The van der Waals surface area contributed by atoms with Gasteiger partial charge in [0.25, 0.3) is 0 Å². The summed E-state index contributed by atoms with van der Waals surface area (Å²) in [5.41, 5.74) is 11.8. The third kappa shape index (κ3) is 2.23. The second-order valence-electron chi connectivity index (χ2n) is 7.50. The molecular formula is C26H18Al+. The van der Waals surface area contributed by atoms with Gasteiger partial charge in [0.1, 0.15) is 0 Å². The minimum absolute atomic E-state index is 0.169. The molecule has 4 aromatic rings. The van der Waals surface area contributed by atoms with Gasteiger partial charge in [-0.15, -0.1) is 0 Å². The maximum atomic E-state index is 2.35. The van der Waals surface area contributed by atoms with Crippen molar-refractivity contribution in [2.75, 3.05) is 0 Å². The zero-order valence-electron chi connectivity index (χ0n) is 15.0. The molecule has 27 heavy (non-hydrogen) atoms. The molecule has 0 aliphatic heterocycles. The first-order valence-electron chi connectivity index (χ1n) is 9.63. The second kappa shape index (κ2) is 5.96. The maximum absolute atomic E-state index is 2.35. The van der Waals surface area contributed by atoms with Crippen LogP contribution in [0.4, 0.5) is 0 Å². The topological polar surface area (TPSA) is 0 Å². The van der Waals surface area contributed by atoms with Gasteiger partial charge in [-0.3, -0.25) is 0 Å². The van der Waals surface area contributed by atoms with Crippen molar-refractivity contribution in [3.8, 4) is 22.3 Å². The predicted molar refractivity (Wildman–Crippen MR) is 113 cm³/mol. The van der Waals surface area contributed by atoms with E-state index >= 15 is 0 Å². The zero-order valence-corrected chi connectivity index (χ0v) is 16.1. The Hall–Kier alpha value is -2.59. The summed E-state index contributed by atoms with van der Waals surface area (Å²) in [4.78, 5) is 0.